The van der Waals surface area contributed by atoms with Crippen molar-refractivity contribution in [2.45, 2.75) is 38.1 Å². The molecule has 0 N–H and O–H groups in total. The van der Waals surface area contributed by atoms with E-state index in [-0.39, 0.29) is 12.3 Å². The summed E-state index contributed by atoms with van der Waals surface area (Å²) >= 11 is 1.44. The molecule has 1 saturated heterocycles. The minimum atomic E-state index is -4.33. The predicted molar refractivity (Wildman–Crippen MR) is 119 cm³/mol. The zero-order chi connectivity index (χ0) is 23.8. The number of aromatic nitrogens is 4. The van der Waals surface area contributed by atoms with Crippen LogP contribution >= 0.6 is 11.8 Å². The molecule has 0 unspecified atom stereocenters. The molecule has 7 nitrogen and oxygen atoms in total. The number of hydrogen-bond acceptors (Lipinski definition) is 6. The van der Waals surface area contributed by atoms with Gasteiger partial charge >= 0.3 is 6.18 Å². The summed E-state index contributed by atoms with van der Waals surface area (Å²) in [6.07, 6.45) is -2.18. The summed E-state index contributed by atoms with van der Waals surface area (Å²) in [6.45, 7) is 6.85. The SMILES string of the molecule is CSc1nc2nc(C)c(CC(=O)N3CCN(Cc4ccc(C(F)(F)F)cc4)CC3)c(C)n2n1. The summed E-state index contributed by atoms with van der Waals surface area (Å²) < 4.78 is 39.9. The van der Waals surface area contributed by atoms with Gasteiger partial charge in [-0.05, 0) is 37.8 Å². The molecule has 1 aliphatic heterocycles. The van der Waals surface area contributed by atoms with Crippen molar-refractivity contribution in [1.29, 1.82) is 0 Å². The van der Waals surface area contributed by atoms with E-state index < -0.39 is 11.7 Å². The van der Waals surface area contributed by atoms with Gasteiger partial charge in [-0.1, -0.05) is 23.9 Å². The predicted octanol–water partition coefficient (Wildman–Crippen LogP) is 3.37. The van der Waals surface area contributed by atoms with Crippen LogP contribution in [-0.2, 0) is 23.9 Å². The molecular formula is C22H25F3N6OS. The number of halogens is 3. The van der Waals surface area contributed by atoms with E-state index in [0.717, 1.165) is 34.6 Å². The van der Waals surface area contributed by atoms with Gasteiger partial charge in [0.2, 0.25) is 11.1 Å². The number of aryl methyl sites for hydroxylation is 2. The van der Waals surface area contributed by atoms with Crippen LogP contribution in [-0.4, -0.2) is 67.7 Å². The van der Waals surface area contributed by atoms with Crippen LogP contribution in [0.15, 0.2) is 29.4 Å². The lowest BCUT2D eigenvalue weighted by Crippen LogP contribution is -2.48. The number of amides is 1. The summed E-state index contributed by atoms with van der Waals surface area (Å²) in [6, 6.07) is 5.26. The first-order chi connectivity index (χ1) is 15.7. The van der Waals surface area contributed by atoms with Gasteiger partial charge in [-0.25, -0.2) is 9.50 Å². The van der Waals surface area contributed by atoms with Gasteiger partial charge in [0.25, 0.3) is 5.78 Å². The van der Waals surface area contributed by atoms with Crippen molar-refractivity contribution in [3.8, 4) is 0 Å². The fraction of sp³-hybridized carbons (Fsp3) is 0.455. The molecule has 1 aliphatic rings. The molecule has 3 heterocycles. The van der Waals surface area contributed by atoms with Crippen molar-refractivity contribution in [2.24, 2.45) is 0 Å². The zero-order valence-corrected chi connectivity index (χ0v) is 19.5. The molecule has 1 amide bonds. The summed E-state index contributed by atoms with van der Waals surface area (Å²) in [7, 11) is 0. The van der Waals surface area contributed by atoms with Gasteiger partial charge in [-0.3, -0.25) is 9.69 Å². The standard InChI is InChI=1S/C22H25F3N6OS/c1-14-18(15(2)31-20(26-14)27-21(28-31)33-3)12-19(32)30-10-8-29(9-11-30)13-16-4-6-17(7-5-16)22(23,24)25/h4-7H,8-13H2,1-3H3. The molecule has 0 spiro atoms. The molecule has 2 aromatic heterocycles. The lowest BCUT2D eigenvalue weighted by atomic mass is 10.1. The Kier molecular flexibility index (Phi) is 6.62. The molecule has 1 fully saturated rings. The van der Waals surface area contributed by atoms with E-state index >= 15 is 0 Å². The zero-order valence-electron chi connectivity index (χ0n) is 18.7. The van der Waals surface area contributed by atoms with Gasteiger partial charge in [0.05, 0.1) is 12.0 Å². The van der Waals surface area contributed by atoms with Crippen LogP contribution in [0.5, 0.6) is 0 Å². The van der Waals surface area contributed by atoms with E-state index in [9.17, 15) is 18.0 Å². The maximum atomic E-state index is 13.0. The first kappa shape index (κ1) is 23.5. The largest absolute Gasteiger partial charge is 0.416 e. The molecule has 1 aromatic carbocycles. The Bertz CT molecular complexity index is 1150. The molecule has 3 aromatic rings. The van der Waals surface area contributed by atoms with Gasteiger partial charge in [0, 0.05) is 49.7 Å². The number of benzene rings is 1. The van der Waals surface area contributed by atoms with E-state index in [1.54, 1.807) is 4.52 Å². The van der Waals surface area contributed by atoms with Crippen molar-refractivity contribution in [3.05, 3.63) is 52.3 Å². The highest BCUT2D eigenvalue weighted by Crippen LogP contribution is 2.29. The monoisotopic (exact) mass is 478 g/mol. The van der Waals surface area contributed by atoms with E-state index in [1.165, 1.54) is 23.9 Å². The van der Waals surface area contributed by atoms with Crippen molar-refractivity contribution >= 4 is 23.4 Å². The number of nitrogens with zero attached hydrogens (tertiary/aromatic N) is 6. The Hall–Kier alpha value is -2.66. The van der Waals surface area contributed by atoms with Crippen LogP contribution in [0.3, 0.4) is 0 Å². The minimum Gasteiger partial charge on any atom is -0.340 e. The molecule has 0 aliphatic carbocycles. The number of hydrogen-bond donors (Lipinski definition) is 0. The molecule has 33 heavy (non-hydrogen) atoms. The molecular weight excluding hydrogens is 453 g/mol. The average Bonchev–Trinajstić information content (AvgIpc) is 3.20. The van der Waals surface area contributed by atoms with Crippen molar-refractivity contribution in [2.75, 3.05) is 32.4 Å². The van der Waals surface area contributed by atoms with Gasteiger partial charge in [0.1, 0.15) is 0 Å². The van der Waals surface area contributed by atoms with Crippen LogP contribution in [0.25, 0.3) is 5.78 Å². The maximum absolute atomic E-state index is 13.0. The Morgan fingerprint density at radius 2 is 1.73 bits per heavy atom. The number of carbonyl (C=O) groups excluding carboxylic acids is 1. The van der Waals surface area contributed by atoms with Gasteiger partial charge < -0.3 is 4.90 Å². The number of carbonyl (C=O) groups is 1. The fourth-order valence-electron chi connectivity index (χ4n) is 4.01. The van der Waals surface area contributed by atoms with E-state index in [1.807, 2.05) is 25.0 Å². The first-order valence-corrected chi connectivity index (χ1v) is 11.8. The normalized spacial score (nSPS) is 15.4. The molecule has 4 rings (SSSR count). The summed E-state index contributed by atoms with van der Waals surface area (Å²) in [4.78, 5) is 25.9. The second kappa shape index (κ2) is 9.30. The first-order valence-electron chi connectivity index (χ1n) is 10.6. The van der Waals surface area contributed by atoms with Crippen LogP contribution < -0.4 is 0 Å². The highest BCUT2D eigenvalue weighted by molar-refractivity contribution is 7.98. The van der Waals surface area contributed by atoms with Gasteiger partial charge in [0.15, 0.2) is 0 Å². The summed E-state index contributed by atoms with van der Waals surface area (Å²) in [5.41, 5.74) is 2.67. The highest BCUT2D eigenvalue weighted by Gasteiger charge is 2.30. The third-order valence-electron chi connectivity index (χ3n) is 5.95. The lowest BCUT2D eigenvalue weighted by Gasteiger charge is -2.35. The molecule has 0 saturated carbocycles. The number of thioether (sulfide) groups is 1. The fourth-order valence-corrected chi connectivity index (χ4v) is 4.34. The lowest BCUT2D eigenvalue weighted by molar-refractivity contribution is -0.137. The molecule has 176 valence electrons. The number of alkyl halides is 3. The summed E-state index contributed by atoms with van der Waals surface area (Å²) in [5, 5.41) is 5.07. The number of piperazine rings is 1. The molecule has 0 radical (unpaired) electrons. The van der Waals surface area contributed by atoms with Crippen LogP contribution in [0.2, 0.25) is 0 Å². The average molecular weight is 479 g/mol. The molecule has 0 bridgehead atoms. The van der Waals surface area contributed by atoms with Crippen LogP contribution in [0.1, 0.15) is 28.1 Å². The second-order valence-corrected chi connectivity index (χ2v) is 8.87. The van der Waals surface area contributed by atoms with E-state index in [2.05, 4.69) is 20.0 Å². The molecule has 11 heteroatoms. The highest BCUT2D eigenvalue weighted by atomic mass is 32.2. The number of fused-ring (bicyclic) bond motifs is 1. The third kappa shape index (κ3) is 5.14. The Balaban J connectivity index is 1.36. The smallest absolute Gasteiger partial charge is 0.340 e. The van der Waals surface area contributed by atoms with E-state index in [4.69, 9.17) is 0 Å². The Morgan fingerprint density at radius 3 is 2.33 bits per heavy atom. The van der Waals surface area contributed by atoms with Crippen LogP contribution in [0, 0.1) is 13.8 Å². The summed E-state index contributed by atoms with van der Waals surface area (Å²) in [5.74, 6) is 0.559. The van der Waals surface area contributed by atoms with Gasteiger partial charge in [-0.15, -0.1) is 5.10 Å². The quantitative estimate of drug-likeness (QED) is 0.524. The van der Waals surface area contributed by atoms with Crippen molar-refractivity contribution < 1.29 is 18.0 Å². The second-order valence-electron chi connectivity index (χ2n) is 8.10. The topological polar surface area (TPSA) is 66.6 Å². The third-order valence-corrected chi connectivity index (χ3v) is 6.49. The van der Waals surface area contributed by atoms with Crippen molar-refractivity contribution in [3.63, 3.8) is 0 Å². The Morgan fingerprint density at radius 1 is 1.06 bits per heavy atom. The maximum Gasteiger partial charge on any atom is 0.416 e. The van der Waals surface area contributed by atoms with E-state index in [0.29, 0.717) is 43.7 Å². The molecule has 0 atom stereocenters. The minimum absolute atomic E-state index is 0.0294. The van der Waals surface area contributed by atoms with Crippen molar-refractivity contribution in [1.82, 2.24) is 29.4 Å². The number of rotatable bonds is 5. The van der Waals surface area contributed by atoms with Crippen LogP contribution in [0.4, 0.5) is 13.2 Å². The van der Waals surface area contributed by atoms with Gasteiger partial charge in [-0.2, -0.15) is 18.2 Å². The Labute approximate surface area is 194 Å².